The van der Waals surface area contributed by atoms with Gasteiger partial charge >= 0.3 is 6.03 Å². The molecule has 5 heteroatoms. The zero-order chi connectivity index (χ0) is 13.1. The topological polar surface area (TPSA) is 52.6 Å². The van der Waals surface area contributed by atoms with E-state index in [-0.39, 0.29) is 12.6 Å². The van der Waals surface area contributed by atoms with Crippen molar-refractivity contribution in [2.24, 2.45) is 0 Å². The molecule has 0 heterocycles. The molecule has 2 amide bonds. The van der Waals surface area contributed by atoms with Gasteiger partial charge < -0.3 is 15.3 Å². The minimum absolute atomic E-state index is 0.144. The molecule has 1 aromatic rings. The molecular formula is C12H17ClN2O2. The van der Waals surface area contributed by atoms with Crippen molar-refractivity contribution in [3.05, 3.63) is 34.9 Å². The summed E-state index contributed by atoms with van der Waals surface area (Å²) in [7, 11) is 3.29. The first-order valence-corrected chi connectivity index (χ1v) is 5.64. The van der Waals surface area contributed by atoms with Gasteiger partial charge in [-0.05, 0) is 24.6 Å². The number of nitrogens with zero attached hydrogens (tertiary/aromatic N) is 1. The molecule has 1 rings (SSSR count). The maximum Gasteiger partial charge on any atom is 0.316 e. The quantitative estimate of drug-likeness (QED) is 0.867. The van der Waals surface area contributed by atoms with Crippen molar-refractivity contribution >= 4 is 17.6 Å². The Balaban J connectivity index is 2.68. The van der Waals surface area contributed by atoms with Crippen molar-refractivity contribution in [2.45, 2.75) is 12.5 Å². The summed E-state index contributed by atoms with van der Waals surface area (Å²) >= 11 is 5.77. The summed E-state index contributed by atoms with van der Waals surface area (Å²) in [6.45, 7) is 1.79. The van der Waals surface area contributed by atoms with Gasteiger partial charge in [0.15, 0.2) is 0 Å². The molecule has 1 aromatic carbocycles. The van der Waals surface area contributed by atoms with E-state index in [4.69, 9.17) is 11.6 Å². The van der Waals surface area contributed by atoms with E-state index in [2.05, 4.69) is 5.32 Å². The van der Waals surface area contributed by atoms with E-state index in [9.17, 15) is 9.90 Å². The van der Waals surface area contributed by atoms with E-state index < -0.39 is 5.60 Å². The van der Waals surface area contributed by atoms with Crippen LogP contribution in [0.3, 0.4) is 0 Å². The number of urea groups is 1. The second kappa shape index (κ2) is 5.38. The monoisotopic (exact) mass is 256 g/mol. The molecule has 0 fully saturated rings. The summed E-state index contributed by atoms with van der Waals surface area (Å²) in [5.41, 5.74) is -0.406. The first-order valence-electron chi connectivity index (χ1n) is 5.26. The Hall–Kier alpha value is -1.26. The third kappa shape index (κ3) is 3.91. The molecule has 0 aliphatic heterocycles. The van der Waals surface area contributed by atoms with Crippen LogP contribution < -0.4 is 5.32 Å². The molecule has 0 radical (unpaired) electrons. The lowest BCUT2D eigenvalue weighted by atomic mass is 9.96. The Kier molecular flexibility index (Phi) is 4.37. The standard InChI is InChI=1S/C12H17ClN2O2/c1-12(17,8-14-11(16)15(2)3)9-4-6-10(13)7-5-9/h4-7,17H,8H2,1-3H3,(H,14,16). The third-order valence-electron chi connectivity index (χ3n) is 2.46. The third-order valence-corrected chi connectivity index (χ3v) is 2.71. The van der Waals surface area contributed by atoms with Crippen molar-refractivity contribution in [1.29, 1.82) is 0 Å². The summed E-state index contributed by atoms with van der Waals surface area (Å²) in [6, 6.07) is 6.66. The van der Waals surface area contributed by atoms with E-state index in [0.717, 1.165) is 0 Å². The average molecular weight is 257 g/mol. The predicted molar refractivity (Wildman–Crippen MR) is 68.1 cm³/mol. The summed E-state index contributed by atoms with van der Waals surface area (Å²) in [6.07, 6.45) is 0. The van der Waals surface area contributed by atoms with Crippen LogP contribution in [0, 0.1) is 0 Å². The van der Waals surface area contributed by atoms with Crippen LogP contribution in [0.5, 0.6) is 0 Å². The number of amides is 2. The van der Waals surface area contributed by atoms with Crippen LogP contribution in [0.15, 0.2) is 24.3 Å². The highest BCUT2D eigenvalue weighted by atomic mass is 35.5. The van der Waals surface area contributed by atoms with Gasteiger partial charge in [0.2, 0.25) is 0 Å². The predicted octanol–water partition coefficient (Wildman–Crippen LogP) is 1.82. The van der Waals surface area contributed by atoms with Gasteiger partial charge in [0.25, 0.3) is 0 Å². The highest BCUT2D eigenvalue weighted by Crippen LogP contribution is 2.21. The Morgan fingerprint density at radius 2 is 1.94 bits per heavy atom. The number of hydrogen-bond acceptors (Lipinski definition) is 2. The number of halogens is 1. The van der Waals surface area contributed by atoms with E-state index in [1.54, 1.807) is 45.3 Å². The van der Waals surface area contributed by atoms with Gasteiger partial charge in [-0.25, -0.2) is 4.79 Å². The molecular weight excluding hydrogens is 240 g/mol. The first kappa shape index (κ1) is 13.8. The lowest BCUT2D eigenvalue weighted by Crippen LogP contribution is -2.42. The summed E-state index contributed by atoms with van der Waals surface area (Å²) in [5.74, 6) is 0. The molecule has 0 spiro atoms. The number of nitrogens with one attached hydrogen (secondary N) is 1. The number of hydrogen-bond donors (Lipinski definition) is 2. The van der Waals surface area contributed by atoms with Crippen LogP contribution in [0.4, 0.5) is 4.79 Å². The van der Waals surface area contributed by atoms with E-state index in [1.165, 1.54) is 4.90 Å². The molecule has 4 nitrogen and oxygen atoms in total. The van der Waals surface area contributed by atoms with Crippen molar-refractivity contribution in [1.82, 2.24) is 10.2 Å². The Morgan fingerprint density at radius 1 is 1.41 bits per heavy atom. The first-order chi connectivity index (χ1) is 7.83. The van der Waals surface area contributed by atoms with Gasteiger partial charge in [-0.3, -0.25) is 0 Å². The van der Waals surface area contributed by atoms with Gasteiger partial charge in [-0.15, -0.1) is 0 Å². The zero-order valence-corrected chi connectivity index (χ0v) is 11.0. The van der Waals surface area contributed by atoms with Gasteiger partial charge in [0.1, 0.15) is 5.60 Å². The van der Waals surface area contributed by atoms with Crippen molar-refractivity contribution in [2.75, 3.05) is 20.6 Å². The number of rotatable bonds is 3. The molecule has 0 saturated heterocycles. The van der Waals surface area contributed by atoms with Crippen LogP contribution in [0.1, 0.15) is 12.5 Å². The second-order valence-corrected chi connectivity index (χ2v) is 4.77. The molecule has 0 bridgehead atoms. The van der Waals surface area contributed by atoms with Gasteiger partial charge in [0.05, 0.1) is 6.54 Å². The Labute approximate surface area is 106 Å². The maximum absolute atomic E-state index is 11.4. The average Bonchev–Trinajstić information content (AvgIpc) is 2.26. The molecule has 0 aliphatic carbocycles. The molecule has 0 saturated carbocycles. The molecule has 1 atom stereocenters. The van der Waals surface area contributed by atoms with Crippen LogP contribution in [0.2, 0.25) is 5.02 Å². The number of carbonyl (C=O) groups is 1. The Bertz CT molecular complexity index is 388. The number of aliphatic hydroxyl groups is 1. The highest BCUT2D eigenvalue weighted by Gasteiger charge is 2.23. The van der Waals surface area contributed by atoms with E-state index in [1.807, 2.05) is 0 Å². The minimum atomic E-state index is -1.11. The molecule has 0 aliphatic rings. The number of carbonyl (C=O) groups excluding carboxylic acids is 1. The van der Waals surface area contributed by atoms with Crippen LogP contribution >= 0.6 is 11.6 Å². The maximum atomic E-state index is 11.4. The van der Waals surface area contributed by atoms with Crippen molar-refractivity contribution < 1.29 is 9.90 Å². The normalized spacial score (nSPS) is 13.9. The minimum Gasteiger partial charge on any atom is -0.384 e. The summed E-state index contributed by atoms with van der Waals surface area (Å²) in [4.78, 5) is 12.8. The SMILES string of the molecule is CN(C)C(=O)NCC(C)(O)c1ccc(Cl)cc1. The molecule has 1 unspecified atom stereocenters. The van der Waals surface area contributed by atoms with E-state index in [0.29, 0.717) is 10.6 Å². The lowest BCUT2D eigenvalue weighted by molar-refractivity contribution is 0.0583. The van der Waals surface area contributed by atoms with Crippen LogP contribution in [-0.4, -0.2) is 36.7 Å². The fourth-order valence-corrected chi connectivity index (χ4v) is 1.44. The summed E-state index contributed by atoms with van der Waals surface area (Å²) in [5, 5.41) is 13.5. The zero-order valence-electron chi connectivity index (χ0n) is 10.2. The van der Waals surface area contributed by atoms with Crippen molar-refractivity contribution in [3.8, 4) is 0 Å². The van der Waals surface area contributed by atoms with Crippen LogP contribution in [0.25, 0.3) is 0 Å². The molecule has 0 aromatic heterocycles. The fourth-order valence-electron chi connectivity index (χ4n) is 1.32. The molecule has 17 heavy (non-hydrogen) atoms. The highest BCUT2D eigenvalue weighted by molar-refractivity contribution is 6.30. The van der Waals surface area contributed by atoms with Gasteiger partial charge in [-0.1, -0.05) is 23.7 Å². The van der Waals surface area contributed by atoms with Crippen molar-refractivity contribution in [3.63, 3.8) is 0 Å². The molecule has 2 N–H and O–H groups in total. The fraction of sp³-hybridized carbons (Fsp3) is 0.417. The van der Waals surface area contributed by atoms with E-state index >= 15 is 0 Å². The Morgan fingerprint density at radius 3 is 2.41 bits per heavy atom. The van der Waals surface area contributed by atoms with Gasteiger partial charge in [0, 0.05) is 19.1 Å². The summed E-state index contributed by atoms with van der Waals surface area (Å²) < 4.78 is 0. The second-order valence-electron chi connectivity index (χ2n) is 4.33. The largest absolute Gasteiger partial charge is 0.384 e. The molecule has 94 valence electrons. The lowest BCUT2D eigenvalue weighted by Gasteiger charge is -2.25. The van der Waals surface area contributed by atoms with Crippen LogP contribution in [-0.2, 0) is 5.60 Å². The number of benzene rings is 1. The smallest absolute Gasteiger partial charge is 0.316 e. The van der Waals surface area contributed by atoms with Gasteiger partial charge in [-0.2, -0.15) is 0 Å².